The molecule has 170 valence electrons. The number of hydrogen-bond acceptors (Lipinski definition) is 4. The second-order valence-electron chi connectivity index (χ2n) is 8.44. The predicted octanol–water partition coefficient (Wildman–Crippen LogP) is 3.71. The molecule has 6 nitrogen and oxygen atoms in total. The Morgan fingerprint density at radius 3 is 2.66 bits per heavy atom. The molecule has 2 N–H and O–H groups in total. The van der Waals surface area contributed by atoms with Crippen molar-refractivity contribution in [2.45, 2.75) is 31.8 Å². The van der Waals surface area contributed by atoms with E-state index < -0.39 is 5.82 Å². The average molecular weight is 461 g/mol. The first-order valence-corrected chi connectivity index (χ1v) is 11.1. The summed E-state index contributed by atoms with van der Waals surface area (Å²) in [5, 5.41) is 6.02. The van der Waals surface area contributed by atoms with E-state index in [1.807, 2.05) is 24.3 Å². The van der Waals surface area contributed by atoms with Crippen LogP contribution in [-0.4, -0.2) is 31.6 Å². The summed E-state index contributed by atoms with van der Waals surface area (Å²) in [5.74, 6) is 0.759. The number of carbonyl (C=O) groups is 2. The molecule has 5 rings (SSSR count). The zero-order valence-corrected chi connectivity index (χ0v) is 18.5. The number of carbonyl (C=O) groups excluding carboxylic acids is 2. The Hall–Kier alpha value is -2.80. The van der Waals surface area contributed by atoms with E-state index in [2.05, 4.69) is 10.6 Å². The molecule has 2 bridgehead atoms. The molecule has 32 heavy (non-hydrogen) atoms. The zero-order chi connectivity index (χ0) is 22.7. The maximum absolute atomic E-state index is 13.5. The van der Waals surface area contributed by atoms with Gasteiger partial charge in [0.05, 0.1) is 12.1 Å². The van der Waals surface area contributed by atoms with Gasteiger partial charge in [0.15, 0.2) is 6.61 Å². The highest BCUT2D eigenvalue weighted by Gasteiger charge is 2.48. The molecular weight excluding hydrogens is 435 g/mol. The van der Waals surface area contributed by atoms with Crippen LogP contribution in [0.25, 0.3) is 0 Å². The highest BCUT2D eigenvalue weighted by atomic mass is 35.5. The van der Waals surface area contributed by atoms with Crippen molar-refractivity contribution >= 4 is 23.4 Å². The fourth-order valence-electron chi connectivity index (χ4n) is 4.59. The van der Waals surface area contributed by atoms with Gasteiger partial charge in [0.25, 0.3) is 5.91 Å². The van der Waals surface area contributed by atoms with E-state index in [4.69, 9.17) is 21.1 Å². The number of halogens is 2. The molecule has 8 heteroatoms. The first-order chi connectivity index (χ1) is 15.4. The van der Waals surface area contributed by atoms with Crippen LogP contribution in [0.4, 0.5) is 4.39 Å². The van der Waals surface area contributed by atoms with Crippen LogP contribution in [-0.2, 0) is 16.1 Å². The van der Waals surface area contributed by atoms with Gasteiger partial charge < -0.3 is 20.1 Å². The Morgan fingerprint density at radius 1 is 1.09 bits per heavy atom. The molecule has 2 aromatic carbocycles. The number of amides is 2. The molecule has 0 aromatic heterocycles. The third-order valence-corrected chi connectivity index (χ3v) is 6.71. The van der Waals surface area contributed by atoms with Crippen LogP contribution >= 0.6 is 11.6 Å². The molecule has 3 aliphatic rings. The zero-order valence-electron chi connectivity index (χ0n) is 17.8. The molecule has 2 aromatic rings. The van der Waals surface area contributed by atoms with Gasteiger partial charge >= 0.3 is 0 Å². The number of rotatable bonds is 8. The van der Waals surface area contributed by atoms with Gasteiger partial charge in [-0.05, 0) is 60.9 Å². The SMILES string of the molecule is COc1cccc(CNC(=O)C2CC(NC(=O)COc3ccc(Cl)c(F)c3)C3CC2C3)c1. The molecule has 0 spiro atoms. The van der Waals surface area contributed by atoms with Crippen molar-refractivity contribution in [3.63, 3.8) is 0 Å². The molecule has 0 saturated heterocycles. The first-order valence-electron chi connectivity index (χ1n) is 10.7. The summed E-state index contributed by atoms with van der Waals surface area (Å²) in [6.45, 7) is 0.214. The third kappa shape index (κ3) is 5.15. The van der Waals surface area contributed by atoms with Gasteiger partial charge in [-0.15, -0.1) is 0 Å². The molecule has 2 unspecified atom stereocenters. The topological polar surface area (TPSA) is 76.7 Å². The first kappa shape index (κ1) is 22.4. The molecule has 3 saturated carbocycles. The van der Waals surface area contributed by atoms with E-state index >= 15 is 0 Å². The Kier molecular flexibility index (Phi) is 6.84. The van der Waals surface area contributed by atoms with Crippen LogP contribution in [0.15, 0.2) is 42.5 Å². The van der Waals surface area contributed by atoms with E-state index in [0.717, 1.165) is 30.2 Å². The second kappa shape index (κ2) is 9.77. The second-order valence-corrected chi connectivity index (χ2v) is 8.85. The largest absolute Gasteiger partial charge is 0.497 e. The maximum Gasteiger partial charge on any atom is 0.258 e. The number of ether oxygens (including phenoxy) is 2. The van der Waals surface area contributed by atoms with Crippen molar-refractivity contribution in [1.29, 1.82) is 0 Å². The smallest absolute Gasteiger partial charge is 0.258 e. The minimum absolute atomic E-state index is 0.000681. The third-order valence-electron chi connectivity index (χ3n) is 6.40. The van der Waals surface area contributed by atoms with Crippen molar-refractivity contribution in [2.75, 3.05) is 13.7 Å². The molecular formula is C24H26ClFN2O4. The normalized spacial score (nSPS) is 23.6. The van der Waals surface area contributed by atoms with Crippen LogP contribution in [0.1, 0.15) is 24.8 Å². The molecule has 0 aliphatic heterocycles. The highest BCUT2D eigenvalue weighted by molar-refractivity contribution is 6.30. The Labute approximate surface area is 191 Å². The van der Waals surface area contributed by atoms with Gasteiger partial charge in [-0.1, -0.05) is 23.7 Å². The van der Waals surface area contributed by atoms with E-state index in [1.54, 1.807) is 7.11 Å². The summed E-state index contributed by atoms with van der Waals surface area (Å²) in [7, 11) is 1.61. The van der Waals surface area contributed by atoms with Crippen LogP contribution < -0.4 is 20.1 Å². The summed E-state index contributed by atoms with van der Waals surface area (Å²) in [6, 6.07) is 11.6. The Morgan fingerprint density at radius 2 is 1.91 bits per heavy atom. The molecule has 3 fully saturated rings. The lowest BCUT2D eigenvalue weighted by Crippen LogP contribution is -2.56. The molecule has 0 heterocycles. The standard InChI is InChI=1S/C24H26ClFN2O4/c1-31-17-4-2-3-14(7-17)12-27-24(30)19-11-22(16-8-15(19)9-16)28-23(29)13-32-18-5-6-20(25)21(26)10-18/h2-7,10,15-16,19,22H,8-9,11-13H2,1H3,(H,27,30)(H,28,29). The van der Waals surface area contributed by atoms with Crippen LogP contribution in [0.2, 0.25) is 5.02 Å². The summed E-state index contributed by atoms with van der Waals surface area (Å²) in [5.41, 5.74) is 0.973. The summed E-state index contributed by atoms with van der Waals surface area (Å²) >= 11 is 5.65. The lowest BCUT2D eigenvalue weighted by Gasteiger charge is -2.50. The number of benzene rings is 2. The van der Waals surface area contributed by atoms with Crippen LogP contribution in [0.3, 0.4) is 0 Å². The summed E-state index contributed by atoms with van der Waals surface area (Å²) in [4.78, 5) is 25.2. The van der Waals surface area contributed by atoms with Gasteiger partial charge in [-0.3, -0.25) is 9.59 Å². The monoisotopic (exact) mass is 460 g/mol. The number of methoxy groups -OCH3 is 1. The number of nitrogens with one attached hydrogen (secondary N) is 2. The molecule has 0 radical (unpaired) electrons. The number of hydrogen-bond donors (Lipinski definition) is 2. The number of fused-ring (bicyclic) bond motifs is 2. The maximum atomic E-state index is 13.5. The molecule has 2 atom stereocenters. The lowest BCUT2D eigenvalue weighted by molar-refractivity contribution is -0.136. The summed E-state index contributed by atoms with van der Waals surface area (Å²) < 4.78 is 24.1. The molecule has 2 amide bonds. The van der Waals surface area contributed by atoms with Crippen molar-refractivity contribution in [3.05, 3.63) is 58.9 Å². The van der Waals surface area contributed by atoms with E-state index in [9.17, 15) is 14.0 Å². The van der Waals surface area contributed by atoms with Gasteiger partial charge in [-0.2, -0.15) is 0 Å². The average Bonchev–Trinajstić information content (AvgIpc) is 2.77. The summed E-state index contributed by atoms with van der Waals surface area (Å²) in [6.07, 6.45) is 2.48. The predicted molar refractivity (Wildman–Crippen MR) is 118 cm³/mol. The fourth-order valence-corrected chi connectivity index (χ4v) is 4.71. The van der Waals surface area contributed by atoms with Crippen molar-refractivity contribution < 1.29 is 23.5 Å². The van der Waals surface area contributed by atoms with Gasteiger partial charge in [-0.25, -0.2) is 4.39 Å². The minimum atomic E-state index is -0.597. The molecule has 3 aliphatic carbocycles. The van der Waals surface area contributed by atoms with Crippen LogP contribution in [0, 0.1) is 23.6 Å². The lowest BCUT2D eigenvalue weighted by atomic mass is 9.57. The van der Waals surface area contributed by atoms with E-state index in [1.165, 1.54) is 12.1 Å². The Bertz CT molecular complexity index is 996. The minimum Gasteiger partial charge on any atom is -0.497 e. The van der Waals surface area contributed by atoms with E-state index in [-0.39, 0.29) is 41.2 Å². The van der Waals surface area contributed by atoms with Gasteiger partial charge in [0.1, 0.15) is 17.3 Å². The Balaban J connectivity index is 1.27. The van der Waals surface area contributed by atoms with Gasteiger partial charge in [0.2, 0.25) is 5.91 Å². The van der Waals surface area contributed by atoms with Crippen molar-refractivity contribution in [3.8, 4) is 11.5 Å². The van der Waals surface area contributed by atoms with Crippen LogP contribution in [0.5, 0.6) is 11.5 Å². The highest BCUT2D eigenvalue weighted by Crippen LogP contribution is 2.49. The fraction of sp³-hybridized carbons (Fsp3) is 0.417. The van der Waals surface area contributed by atoms with Crippen molar-refractivity contribution in [2.24, 2.45) is 17.8 Å². The quantitative estimate of drug-likeness (QED) is 0.629. The van der Waals surface area contributed by atoms with Crippen molar-refractivity contribution in [1.82, 2.24) is 10.6 Å². The van der Waals surface area contributed by atoms with Gasteiger partial charge in [0, 0.05) is 24.6 Å². The van der Waals surface area contributed by atoms with E-state index in [0.29, 0.717) is 24.8 Å².